The molecule has 0 saturated carbocycles. The largest absolute Gasteiger partial charge is 0.444 e. The number of rotatable bonds is 4. The topological polar surface area (TPSA) is 77.8 Å². The Morgan fingerprint density at radius 3 is 2.22 bits per heavy atom. The highest BCUT2D eigenvalue weighted by Gasteiger charge is 2.49. The van der Waals surface area contributed by atoms with Gasteiger partial charge in [-0.2, -0.15) is 0 Å². The van der Waals surface area contributed by atoms with Crippen molar-refractivity contribution in [2.75, 3.05) is 6.61 Å². The molecule has 4 rings (SSSR count). The maximum absolute atomic E-state index is 14.2. The normalized spacial score (nSPS) is 18.4. The van der Waals surface area contributed by atoms with Crippen LogP contribution in [0.5, 0.6) is 0 Å². The van der Waals surface area contributed by atoms with Crippen LogP contribution in [0.3, 0.4) is 0 Å². The zero-order valence-electron chi connectivity index (χ0n) is 23.2. The van der Waals surface area contributed by atoms with Crippen LogP contribution in [0.2, 0.25) is 19.6 Å². The third kappa shape index (κ3) is 4.96. The quantitative estimate of drug-likeness (QED) is 0.391. The van der Waals surface area contributed by atoms with Crippen molar-refractivity contribution in [3.8, 4) is 0 Å². The van der Waals surface area contributed by atoms with E-state index in [9.17, 15) is 13.2 Å². The Morgan fingerprint density at radius 2 is 1.65 bits per heavy atom. The van der Waals surface area contributed by atoms with E-state index in [4.69, 9.17) is 9.47 Å². The first-order valence-electron chi connectivity index (χ1n) is 12.6. The number of aryl methyl sites for hydroxylation is 1. The lowest BCUT2D eigenvalue weighted by atomic mass is 10.0. The standard InChI is InChI=1S/C28H38N2O5SSi/c1-19-14-16-20(17-15-19)36(32,33)30-22-13-11-10-12-21(22)24(25(30)37(7,8)9)23-18-34-28(5,6)29(23)26(31)35-27(2,3)4/h10-17,23H,18H2,1-9H3/t23-/m0/s1. The van der Waals surface area contributed by atoms with Crippen molar-refractivity contribution >= 4 is 40.4 Å². The summed E-state index contributed by atoms with van der Waals surface area (Å²) in [5.41, 5.74) is 0.792. The Hall–Kier alpha value is -2.62. The molecule has 1 fully saturated rings. The summed E-state index contributed by atoms with van der Waals surface area (Å²) < 4.78 is 41.9. The summed E-state index contributed by atoms with van der Waals surface area (Å²) in [5.74, 6) is 0. The summed E-state index contributed by atoms with van der Waals surface area (Å²) in [5, 5.41) is 1.56. The number of fused-ring (bicyclic) bond motifs is 1. The van der Waals surface area contributed by atoms with Gasteiger partial charge in [-0.3, -0.25) is 4.90 Å². The van der Waals surface area contributed by atoms with Crippen LogP contribution in [0.1, 0.15) is 51.8 Å². The molecule has 2 aromatic carbocycles. The van der Waals surface area contributed by atoms with E-state index in [0.717, 1.165) is 21.8 Å². The Morgan fingerprint density at radius 1 is 1.05 bits per heavy atom. The van der Waals surface area contributed by atoms with E-state index in [1.807, 2.05) is 77.9 Å². The molecule has 1 aromatic heterocycles. The minimum Gasteiger partial charge on any atom is -0.444 e. The molecule has 0 unspecified atom stereocenters. The fourth-order valence-electron chi connectivity index (χ4n) is 5.02. The number of carbonyl (C=O) groups is 1. The predicted octanol–water partition coefficient (Wildman–Crippen LogP) is 5.78. The minimum atomic E-state index is -3.92. The van der Waals surface area contributed by atoms with Crippen LogP contribution in [-0.2, 0) is 19.5 Å². The maximum Gasteiger partial charge on any atom is 0.413 e. The summed E-state index contributed by atoms with van der Waals surface area (Å²) in [6.07, 6.45) is -0.486. The van der Waals surface area contributed by atoms with Crippen molar-refractivity contribution in [2.45, 2.75) is 83.4 Å². The average molecular weight is 543 g/mol. The predicted molar refractivity (Wildman–Crippen MR) is 150 cm³/mol. The van der Waals surface area contributed by atoms with Gasteiger partial charge in [-0.05, 0) is 59.7 Å². The molecule has 1 aliphatic heterocycles. The van der Waals surface area contributed by atoms with Gasteiger partial charge in [0.25, 0.3) is 10.0 Å². The first kappa shape index (κ1) is 27.4. The molecule has 37 heavy (non-hydrogen) atoms. The van der Waals surface area contributed by atoms with Crippen molar-refractivity contribution in [2.24, 2.45) is 0 Å². The molecule has 0 spiro atoms. The Balaban J connectivity index is 2.04. The summed E-state index contributed by atoms with van der Waals surface area (Å²) in [4.78, 5) is 15.4. The monoisotopic (exact) mass is 542 g/mol. The highest BCUT2D eigenvalue weighted by atomic mass is 32.2. The summed E-state index contributed by atoms with van der Waals surface area (Å²) in [6.45, 7) is 17.7. The SMILES string of the molecule is Cc1ccc(S(=O)(=O)n2c([Si](C)(C)C)c([C@@H]3COC(C)(C)N3C(=O)OC(C)(C)C)c3ccccc32)cc1. The molecule has 200 valence electrons. The second-order valence-corrected chi connectivity index (χ2v) is 19.0. The minimum absolute atomic E-state index is 0.233. The van der Waals surface area contributed by atoms with Crippen LogP contribution in [0.15, 0.2) is 53.4 Å². The molecule has 0 N–H and O–H groups in total. The molecular formula is C28H38N2O5SSi. The summed E-state index contributed by atoms with van der Waals surface area (Å²) in [6, 6.07) is 14.0. The second kappa shape index (κ2) is 8.99. The molecule has 2 heterocycles. The van der Waals surface area contributed by atoms with E-state index in [1.165, 1.54) is 3.97 Å². The summed E-state index contributed by atoms with van der Waals surface area (Å²) >= 11 is 0. The van der Waals surface area contributed by atoms with Gasteiger partial charge in [0.05, 0.1) is 23.1 Å². The van der Waals surface area contributed by atoms with Gasteiger partial charge in [-0.15, -0.1) is 0 Å². The number of aromatic nitrogens is 1. The molecule has 0 radical (unpaired) electrons. The maximum atomic E-state index is 14.2. The molecule has 0 bridgehead atoms. The van der Waals surface area contributed by atoms with Gasteiger partial charge in [0, 0.05) is 16.3 Å². The molecule has 3 aromatic rings. The number of hydrogen-bond acceptors (Lipinski definition) is 5. The van der Waals surface area contributed by atoms with Gasteiger partial charge in [-0.25, -0.2) is 17.2 Å². The zero-order valence-corrected chi connectivity index (χ0v) is 25.1. The zero-order chi connectivity index (χ0) is 27.6. The van der Waals surface area contributed by atoms with E-state index in [0.29, 0.717) is 5.52 Å². The highest BCUT2D eigenvalue weighted by Crippen LogP contribution is 2.42. The van der Waals surface area contributed by atoms with Crippen LogP contribution in [0, 0.1) is 6.92 Å². The number of carbonyl (C=O) groups excluding carboxylic acids is 1. The smallest absolute Gasteiger partial charge is 0.413 e. The molecular weight excluding hydrogens is 504 g/mol. The van der Waals surface area contributed by atoms with Gasteiger partial charge >= 0.3 is 6.09 Å². The number of hydrogen-bond donors (Lipinski definition) is 0. The van der Waals surface area contributed by atoms with Crippen LogP contribution in [0.25, 0.3) is 10.9 Å². The third-order valence-electron chi connectivity index (χ3n) is 6.55. The molecule has 7 nitrogen and oxygen atoms in total. The van der Waals surface area contributed by atoms with Crippen LogP contribution in [0.4, 0.5) is 4.79 Å². The van der Waals surface area contributed by atoms with Crippen molar-refractivity contribution in [3.63, 3.8) is 0 Å². The number of nitrogens with zero attached hydrogens (tertiary/aromatic N) is 2. The van der Waals surface area contributed by atoms with E-state index in [-0.39, 0.29) is 11.5 Å². The van der Waals surface area contributed by atoms with E-state index in [2.05, 4.69) is 19.6 Å². The molecule has 1 amide bonds. The number of benzene rings is 2. The van der Waals surface area contributed by atoms with Gasteiger partial charge < -0.3 is 9.47 Å². The van der Waals surface area contributed by atoms with Gasteiger partial charge in [0.1, 0.15) is 19.4 Å². The van der Waals surface area contributed by atoms with Crippen LogP contribution < -0.4 is 5.32 Å². The molecule has 1 atom stereocenters. The van der Waals surface area contributed by atoms with Gasteiger partial charge in [-0.1, -0.05) is 55.5 Å². The third-order valence-corrected chi connectivity index (χ3v) is 10.4. The number of amides is 1. The lowest BCUT2D eigenvalue weighted by Crippen LogP contribution is -2.51. The lowest BCUT2D eigenvalue weighted by molar-refractivity contribution is -0.0625. The number of para-hydroxylation sites is 1. The Bertz CT molecular complexity index is 1440. The van der Waals surface area contributed by atoms with Gasteiger partial charge in [0.2, 0.25) is 0 Å². The first-order chi connectivity index (χ1) is 16.9. The van der Waals surface area contributed by atoms with Crippen molar-refractivity contribution in [1.82, 2.24) is 8.87 Å². The van der Waals surface area contributed by atoms with Gasteiger partial charge in [0.15, 0.2) is 0 Å². The molecule has 0 aliphatic carbocycles. The Labute approximate surface area is 221 Å². The fourth-order valence-corrected chi connectivity index (χ4v) is 9.49. The molecule has 9 heteroatoms. The lowest BCUT2D eigenvalue weighted by Gasteiger charge is -2.36. The van der Waals surface area contributed by atoms with Crippen molar-refractivity contribution in [3.05, 3.63) is 59.7 Å². The molecule has 1 aliphatic rings. The van der Waals surface area contributed by atoms with E-state index >= 15 is 0 Å². The van der Waals surface area contributed by atoms with E-state index in [1.54, 1.807) is 17.0 Å². The van der Waals surface area contributed by atoms with Crippen LogP contribution in [-0.4, -0.2) is 49.4 Å². The fraction of sp³-hybridized carbons (Fsp3) is 0.464. The van der Waals surface area contributed by atoms with Crippen molar-refractivity contribution in [1.29, 1.82) is 0 Å². The van der Waals surface area contributed by atoms with E-state index < -0.39 is 41.6 Å². The number of ether oxygens (including phenoxy) is 2. The average Bonchev–Trinajstić information content (AvgIpc) is 3.27. The molecule has 1 saturated heterocycles. The van der Waals surface area contributed by atoms with Crippen molar-refractivity contribution < 1.29 is 22.7 Å². The highest BCUT2D eigenvalue weighted by molar-refractivity contribution is 7.90. The summed E-state index contributed by atoms with van der Waals surface area (Å²) in [7, 11) is -6.26. The second-order valence-electron chi connectivity index (χ2n) is 12.2. The first-order valence-corrected chi connectivity index (χ1v) is 17.5. The van der Waals surface area contributed by atoms with Crippen LogP contribution >= 0.6 is 0 Å². The Kier molecular flexibility index (Phi) is 6.66.